The number of rotatable bonds is 5. The number of fused-ring (bicyclic) bond motifs is 1. The number of benzene rings is 1. The van der Waals surface area contributed by atoms with Gasteiger partial charge in [-0.15, -0.1) is 10.2 Å². The van der Waals surface area contributed by atoms with E-state index >= 15 is 0 Å². The Hall–Kier alpha value is -2.11. The Labute approximate surface area is 149 Å². The predicted octanol–water partition coefficient (Wildman–Crippen LogP) is 6.26. The molecule has 24 heavy (non-hydrogen) atoms. The van der Waals surface area contributed by atoms with E-state index < -0.39 is 0 Å². The van der Waals surface area contributed by atoms with Gasteiger partial charge in [0, 0.05) is 18.1 Å². The third-order valence-corrected chi connectivity index (χ3v) is 4.17. The van der Waals surface area contributed by atoms with Crippen molar-refractivity contribution in [1.29, 1.82) is 0 Å². The summed E-state index contributed by atoms with van der Waals surface area (Å²) in [4.78, 5) is 4.05. The number of hydrogen-bond donors (Lipinski definition) is 1. The molecule has 5 nitrogen and oxygen atoms in total. The van der Waals surface area contributed by atoms with Gasteiger partial charge in [-0.05, 0) is 18.6 Å². The molecule has 3 aromatic rings. The minimum Gasteiger partial charge on any atom is -0.493 e. The number of azo groups is 1. The van der Waals surface area contributed by atoms with Crippen molar-refractivity contribution in [2.45, 2.75) is 26.3 Å². The summed E-state index contributed by atoms with van der Waals surface area (Å²) in [7, 11) is 0. The highest BCUT2D eigenvalue weighted by molar-refractivity contribution is 6.35. The Morgan fingerprint density at radius 1 is 1.21 bits per heavy atom. The molecule has 2 aromatic heterocycles. The summed E-state index contributed by atoms with van der Waals surface area (Å²) in [6.45, 7) is 2.83. The van der Waals surface area contributed by atoms with E-state index in [0.29, 0.717) is 15.7 Å². The van der Waals surface area contributed by atoms with Crippen LogP contribution in [0, 0.1) is 0 Å². The second kappa shape index (κ2) is 7.20. The number of aromatic hydroxyl groups is 1. The highest BCUT2D eigenvalue weighted by atomic mass is 35.5. The number of aromatic nitrogens is 2. The zero-order chi connectivity index (χ0) is 17.1. The molecule has 124 valence electrons. The first kappa shape index (κ1) is 16.7. The third kappa shape index (κ3) is 3.23. The second-order valence-corrected chi connectivity index (χ2v) is 6.20. The van der Waals surface area contributed by atoms with Crippen molar-refractivity contribution < 1.29 is 5.11 Å². The van der Waals surface area contributed by atoms with Gasteiger partial charge < -0.3 is 9.67 Å². The maximum atomic E-state index is 10.6. The van der Waals surface area contributed by atoms with Crippen LogP contribution in [0.3, 0.4) is 0 Å². The molecule has 1 aromatic carbocycles. The topological polar surface area (TPSA) is 62.8 Å². The number of para-hydroxylation sites is 1. The Morgan fingerprint density at radius 2 is 2.00 bits per heavy atom. The highest BCUT2D eigenvalue weighted by Gasteiger charge is 2.16. The van der Waals surface area contributed by atoms with Crippen LogP contribution in [0.15, 0.2) is 46.8 Å². The van der Waals surface area contributed by atoms with Gasteiger partial charge in [-0.25, -0.2) is 4.98 Å². The van der Waals surface area contributed by atoms with Crippen molar-refractivity contribution in [2.75, 3.05) is 0 Å². The number of hydrogen-bond acceptors (Lipinski definition) is 4. The normalized spacial score (nSPS) is 11.6. The van der Waals surface area contributed by atoms with Gasteiger partial charge in [0.25, 0.3) is 0 Å². The van der Waals surface area contributed by atoms with Gasteiger partial charge >= 0.3 is 0 Å². The van der Waals surface area contributed by atoms with Crippen LogP contribution >= 0.6 is 23.2 Å². The van der Waals surface area contributed by atoms with Crippen LogP contribution in [0.5, 0.6) is 5.88 Å². The van der Waals surface area contributed by atoms with Crippen molar-refractivity contribution in [3.63, 3.8) is 0 Å². The average molecular weight is 363 g/mol. The molecule has 0 aliphatic rings. The first-order valence-corrected chi connectivity index (χ1v) is 8.40. The summed E-state index contributed by atoms with van der Waals surface area (Å²) in [6.07, 6.45) is 3.45. The Kier molecular flexibility index (Phi) is 5.02. The Bertz CT molecular complexity index is 905. The zero-order valence-electron chi connectivity index (χ0n) is 13.1. The Morgan fingerprint density at radius 3 is 2.75 bits per heavy atom. The molecule has 0 aliphatic carbocycles. The van der Waals surface area contributed by atoms with E-state index in [2.05, 4.69) is 22.1 Å². The van der Waals surface area contributed by atoms with Gasteiger partial charge in [0.2, 0.25) is 5.88 Å². The number of unbranched alkanes of at least 4 members (excludes halogenated alkanes) is 1. The van der Waals surface area contributed by atoms with Crippen LogP contribution in [0.25, 0.3) is 10.9 Å². The lowest BCUT2D eigenvalue weighted by Gasteiger charge is -2.05. The van der Waals surface area contributed by atoms with E-state index in [0.717, 1.165) is 30.3 Å². The van der Waals surface area contributed by atoms with Crippen LogP contribution in [0.1, 0.15) is 19.8 Å². The molecule has 0 saturated carbocycles. The molecule has 0 bridgehead atoms. The lowest BCUT2D eigenvalue weighted by molar-refractivity contribution is 0.418. The van der Waals surface area contributed by atoms with Gasteiger partial charge in [0.1, 0.15) is 0 Å². The number of pyridine rings is 1. The van der Waals surface area contributed by atoms with Crippen molar-refractivity contribution in [1.82, 2.24) is 9.55 Å². The summed E-state index contributed by atoms with van der Waals surface area (Å²) in [6, 6.07) is 9.25. The fourth-order valence-corrected chi connectivity index (χ4v) is 2.91. The predicted molar refractivity (Wildman–Crippen MR) is 96.9 cm³/mol. The maximum absolute atomic E-state index is 10.6. The van der Waals surface area contributed by atoms with Crippen LogP contribution in [0.2, 0.25) is 10.0 Å². The van der Waals surface area contributed by atoms with Gasteiger partial charge in [0.05, 0.1) is 15.6 Å². The zero-order valence-corrected chi connectivity index (χ0v) is 14.6. The summed E-state index contributed by atoms with van der Waals surface area (Å²) in [5.41, 5.74) is 1.34. The average Bonchev–Trinajstić information content (AvgIpc) is 2.84. The summed E-state index contributed by atoms with van der Waals surface area (Å²) < 4.78 is 1.85. The fourth-order valence-electron chi connectivity index (χ4n) is 2.49. The maximum Gasteiger partial charge on any atom is 0.220 e. The monoisotopic (exact) mass is 362 g/mol. The summed E-state index contributed by atoms with van der Waals surface area (Å²) in [5, 5.41) is 20.4. The molecule has 3 rings (SSSR count). The third-order valence-electron chi connectivity index (χ3n) is 3.69. The van der Waals surface area contributed by atoms with Crippen molar-refractivity contribution in [3.05, 3.63) is 46.6 Å². The SMILES string of the molecule is CCCCn1c(O)c(N=Nc2ncc(Cl)cc2Cl)c2ccccc21. The molecule has 2 heterocycles. The second-order valence-electron chi connectivity index (χ2n) is 5.35. The quantitative estimate of drug-likeness (QED) is 0.544. The Balaban J connectivity index is 2.05. The van der Waals surface area contributed by atoms with E-state index in [4.69, 9.17) is 23.2 Å². The van der Waals surface area contributed by atoms with Crippen molar-refractivity contribution in [2.24, 2.45) is 10.2 Å². The molecule has 7 heteroatoms. The first-order chi connectivity index (χ1) is 11.6. The lowest BCUT2D eigenvalue weighted by Crippen LogP contribution is -1.96. The number of halogens is 2. The van der Waals surface area contributed by atoms with Crippen LogP contribution < -0.4 is 0 Å². The van der Waals surface area contributed by atoms with E-state index in [1.165, 1.54) is 6.20 Å². The van der Waals surface area contributed by atoms with E-state index in [-0.39, 0.29) is 11.7 Å². The highest BCUT2D eigenvalue weighted by Crippen LogP contribution is 2.40. The molecule has 0 radical (unpaired) electrons. The van der Waals surface area contributed by atoms with Gasteiger partial charge in [-0.1, -0.05) is 54.7 Å². The molecule has 0 atom stereocenters. The first-order valence-electron chi connectivity index (χ1n) is 7.64. The fraction of sp³-hybridized carbons (Fsp3) is 0.235. The lowest BCUT2D eigenvalue weighted by atomic mass is 10.2. The van der Waals surface area contributed by atoms with E-state index in [1.54, 1.807) is 6.07 Å². The van der Waals surface area contributed by atoms with Crippen LogP contribution in [-0.4, -0.2) is 14.7 Å². The molecule has 0 spiro atoms. The van der Waals surface area contributed by atoms with Crippen LogP contribution in [-0.2, 0) is 6.54 Å². The molecule has 0 aliphatic heterocycles. The van der Waals surface area contributed by atoms with E-state index in [9.17, 15) is 5.11 Å². The molecule has 1 N–H and O–H groups in total. The van der Waals surface area contributed by atoms with Gasteiger partial charge in [-0.2, -0.15) is 0 Å². The molecule has 0 unspecified atom stereocenters. The molecule has 0 saturated heterocycles. The number of aryl methyl sites for hydroxylation is 1. The summed E-state index contributed by atoms with van der Waals surface area (Å²) >= 11 is 11.9. The molecule has 0 fully saturated rings. The largest absolute Gasteiger partial charge is 0.493 e. The number of nitrogens with zero attached hydrogens (tertiary/aromatic N) is 4. The van der Waals surface area contributed by atoms with Crippen molar-refractivity contribution in [3.8, 4) is 5.88 Å². The molecule has 0 amide bonds. The van der Waals surface area contributed by atoms with Gasteiger partial charge in [0.15, 0.2) is 11.5 Å². The van der Waals surface area contributed by atoms with E-state index in [1.807, 2.05) is 28.8 Å². The molecular formula is C17H16Cl2N4O. The van der Waals surface area contributed by atoms with Crippen LogP contribution in [0.4, 0.5) is 11.5 Å². The minimum absolute atomic E-state index is 0.0958. The summed E-state index contributed by atoms with van der Waals surface area (Å²) in [5.74, 6) is 0.351. The smallest absolute Gasteiger partial charge is 0.220 e. The standard InChI is InChI=1S/C17H16Cl2N4O/c1-2-3-8-23-14-7-5-4-6-12(14)15(17(23)24)21-22-16-13(19)9-11(18)10-20-16/h4-7,9-10,24H,2-3,8H2,1H3. The molecular weight excluding hydrogens is 347 g/mol. The minimum atomic E-state index is 0.0958. The van der Waals surface area contributed by atoms with Crippen molar-refractivity contribution >= 4 is 45.6 Å². The van der Waals surface area contributed by atoms with Gasteiger partial charge in [-0.3, -0.25) is 0 Å².